The summed E-state index contributed by atoms with van der Waals surface area (Å²) in [5, 5.41) is 27.3. The summed E-state index contributed by atoms with van der Waals surface area (Å²) in [6.07, 6.45) is 19.8. The third kappa shape index (κ3) is 14.8. The maximum atomic E-state index is 11.5. The van der Waals surface area contributed by atoms with Crippen LogP contribution in [-0.2, 0) is 4.79 Å². The number of hydrogen-bond acceptors (Lipinski definition) is 4. The number of allylic oxidation sites excluding steroid dienone is 6. The molecular weight excluding hydrogens is 316 g/mol. The summed E-state index contributed by atoms with van der Waals surface area (Å²) >= 11 is 0. The standard InChI is InChI=1S/C21H36O4/c1-2-3-4-5-6-7-8-9-10-11-12-13-14-15-16-17-19(23)21(25)20(24)18-22/h6-7,9-10,12-13,20-22,24-25H,2-5,8,11,14-18H2,1H3/b7-6-,10-9-,13-12-. The third-order valence-corrected chi connectivity index (χ3v) is 3.94. The van der Waals surface area contributed by atoms with Crippen LogP contribution in [0.3, 0.4) is 0 Å². The predicted molar refractivity (Wildman–Crippen MR) is 103 cm³/mol. The molecule has 2 atom stereocenters. The van der Waals surface area contributed by atoms with Gasteiger partial charge in [-0.2, -0.15) is 0 Å². The van der Waals surface area contributed by atoms with Crippen LogP contribution in [0.25, 0.3) is 0 Å². The van der Waals surface area contributed by atoms with E-state index in [1.54, 1.807) is 0 Å². The van der Waals surface area contributed by atoms with Crippen LogP contribution in [0.4, 0.5) is 0 Å². The highest BCUT2D eigenvalue weighted by molar-refractivity contribution is 5.83. The molecule has 0 saturated carbocycles. The zero-order valence-corrected chi connectivity index (χ0v) is 15.6. The topological polar surface area (TPSA) is 77.8 Å². The number of unbranched alkanes of at least 4 members (excludes halogenated alkanes) is 5. The first kappa shape index (κ1) is 23.8. The van der Waals surface area contributed by atoms with Gasteiger partial charge in [-0.1, -0.05) is 56.2 Å². The smallest absolute Gasteiger partial charge is 0.164 e. The van der Waals surface area contributed by atoms with Crippen molar-refractivity contribution in [3.63, 3.8) is 0 Å². The van der Waals surface area contributed by atoms with Crippen LogP contribution in [-0.4, -0.2) is 39.9 Å². The van der Waals surface area contributed by atoms with E-state index < -0.39 is 24.6 Å². The fraction of sp³-hybridized carbons (Fsp3) is 0.667. The van der Waals surface area contributed by atoms with Crippen molar-refractivity contribution < 1.29 is 20.1 Å². The Bertz CT molecular complexity index is 399. The predicted octanol–water partition coefficient (Wildman–Crippen LogP) is 3.86. The molecule has 0 radical (unpaired) electrons. The number of carbonyl (C=O) groups excluding carboxylic acids is 1. The van der Waals surface area contributed by atoms with Crippen LogP contribution >= 0.6 is 0 Å². The van der Waals surface area contributed by atoms with Gasteiger partial charge in [-0.3, -0.25) is 4.79 Å². The molecule has 0 rings (SSSR count). The fourth-order valence-electron chi connectivity index (χ4n) is 2.31. The highest BCUT2D eigenvalue weighted by Crippen LogP contribution is 2.06. The first-order valence-electron chi connectivity index (χ1n) is 9.58. The molecule has 4 heteroatoms. The zero-order valence-electron chi connectivity index (χ0n) is 15.6. The number of carbonyl (C=O) groups is 1. The molecule has 0 heterocycles. The van der Waals surface area contributed by atoms with E-state index in [0.29, 0.717) is 6.42 Å². The van der Waals surface area contributed by atoms with Crippen LogP contribution in [0.5, 0.6) is 0 Å². The number of rotatable bonds is 16. The Morgan fingerprint density at radius 3 is 1.88 bits per heavy atom. The van der Waals surface area contributed by atoms with Gasteiger partial charge in [-0.05, 0) is 44.9 Å². The minimum absolute atomic E-state index is 0.233. The van der Waals surface area contributed by atoms with Crippen molar-refractivity contribution >= 4 is 5.78 Å². The van der Waals surface area contributed by atoms with Crippen molar-refractivity contribution in [3.05, 3.63) is 36.5 Å². The third-order valence-electron chi connectivity index (χ3n) is 3.94. The average molecular weight is 353 g/mol. The molecule has 4 nitrogen and oxygen atoms in total. The van der Waals surface area contributed by atoms with Crippen LogP contribution in [0.15, 0.2) is 36.5 Å². The SMILES string of the molecule is CCCCC/C=C\C/C=C\C/C=C\CCCCC(=O)C(O)C(O)CO. The molecule has 3 N–H and O–H groups in total. The molecule has 0 fully saturated rings. The molecular formula is C21H36O4. The van der Waals surface area contributed by atoms with Crippen molar-refractivity contribution in [2.75, 3.05) is 6.61 Å². The van der Waals surface area contributed by atoms with E-state index in [-0.39, 0.29) is 6.42 Å². The molecule has 0 saturated heterocycles. The highest BCUT2D eigenvalue weighted by Gasteiger charge is 2.22. The molecule has 144 valence electrons. The highest BCUT2D eigenvalue weighted by atomic mass is 16.4. The molecule has 0 aliphatic heterocycles. The minimum Gasteiger partial charge on any atom is -0.394 e. The molecule has 2 unspecified atom stereocenters. The lowest BCUT2D eigenvalue weighted by Gasteiger charge is -2.13. The molecule has 0 aromatic rings. The van der Waals surface area contributed by atoms with E-state index in [1.807, 2.05) is 0 Å². The molecule has 0 aliphatic carbocycles. The normalized spacial score (nSPS) is 14.7. The second-order valence-electron chi connectivity index (χ2n) is 6.29. The lowest BCUT2D eigenvalue weighted by molar-refractivity contribution is -0.134. The van der Waals surface area contributed by atoms with E-state index in [2.05, 4.69) is 43.4 Å². The Hall–Kier alpha value is -1.23. The fourth-order valence-corrected chi connectivity index (χ4v) is 2.31. The average Bonchev–Trinajstić information content (AvgIpc) is 2.63. The van der Waals surface area contributed by atoms with E-state index in [4.69, 9.17) is 5.11 Å². The van der Waals surface area contributed by atoms with Gasteiger partial charge in [0.2, 0.25) is 0 Å². The zero-order chi connectivity index (χ0) is 18.8. The molecule has 0 aromatic carbocycles. The maximum absolute atomic E-state index is 11.5. The Morgan fingerprint density at radius 2 is 1.36 bits per heavy atom. The number of aliphatic hydroxyl groups excluding tert-OH is 3. The second-order valence-corrected chi connectivity index (χ2v) is 6.29. The first-order chi connectivity index (χ1) is 12.1. The molecule has 25 heavy (non-hydrogen) atoms. The van der Waals surface area contributed by atoms with E-state index in [0.717, 1.165) is 25.7 Å². The second kappa shape index (κ2) is 17.6. The van der Waals surface area contributed by atoms with Gasteiger partial charge in [0.05, 0.1) is 6.61 Å². The largest absolute Gasteiger partial charge is 0.394 e. The molecule has 0 amide bonds. The Labute approximate surface area is 153 Å². The van der Waals surface area contributed by atoms with Gasteiger partial charge in [0, 0.05) is 6.42 Å². The van der Waals surface area contributed by atoms with Crippen molar-refractivity contribution in [1.82, 2.24) is 0 Å². The quantitative estimate of drug-likeness (QED) is 0.291. The molecule has 0 aromatic heterocycles. The van der Waals surface area contributed by atoms with Crippen molar-refractivity contribution in [2.45, 2.75) is 83.3 Å². The summed E-state index contributed by atoms with van der Waals surface area (Å²) in [4.78, 5) is 11.5. The van der Waals surface area contributed by atoms with Gasteiger partial charge in [0.25, 0.3) is 0 Å². The summed E-state index contributed by atoms with van der Waals surface area (Å²) in [6.45, 7) is 1.62. The van der Waals surface area contributed by atoms with Gasteiger partial charge in [0.15, 0.2) is 5.78 Å². The minimum atomic E-state index is -1.47. The maximum Gasteiger partial charge on any atom is 0.164 e. The number of hydrogen-bond donors (Lipinski definition) is 3. The van der Waals surface area contributed by atoms with Crippen LogP contribution < -0.4 is 0 Å². The summed E-state index contributed by atoms with van der Waals surface area (Å²) in [5.41, 5.74) is 0. The van der Waals surface area contributed by atoms with Crippen LogP contribution in [0.1, 0.15) is 71.1 Å². The Kier molecular flexibility index (Phi) is 16.7. The lowest BCUT2D eigenvalue weighted by Crippen LogP contribution is -2.36. The van der Waals surface area contributed by atoms with E-state index in [9.17, 15) is 15.0 Å². The number of Topliss-reactive ketones (excluding diaryl/α,β-unsaturated/α-hetero) is 1. The number of aliphatic hydroxyl groups is 3. The van der Waals surface area contributed by atoms with Crippen molar-refractivity contribution in [3.8, 4) is 0 Å². The van der Waals surface area contributed by atoms with Gasteiger partial charge in [-0.15, -0.1) is 0 Å². The molecule has 0 bridgehead atoms. The van der Waals surface area contributed by atoms with Gasteiger partial charge < -0.3 is 15.3 Å². The van der Waals surface area contributed by atoms with Crippen molar-refractivity contribution in [1.29, 1.82) is 0 Å². The van der Waals surface area contributed by atoms with Gasteiger partial charge >= 0.3 is 0 Å². The molecule has 0 spiro atoms. The lowest BCUT2D eigenvalue weighted by atomic mass is 10.0. The summed E-state index contributed by atoms with van der Waals surface area (Å²) in [6, 6.07) is 0. The first-order valence-corrected chi connectivity index (χ1v) is 9.58. The Morgan fingerprint density at radius 1 is 0.840 bits per heavy atom. The van der Waals surface area contributed by atoms with Gasteiger partial charge in [-0.25, -0.2) is 0 Å². The van der Waals surface area contributed by atoms with Crippen molar-refractivity contribution in [2.24, 2.45) is 0 Å². The van der Waals surface area contributed by atoms with Crippen LogP contribution in [0.2, 0.25) is 0 Å². The monoisotopic (exact) mass is 352 g/mol. The summed E-state index contributed by atoms with van der Waals surface area (Å²) in [7, 11) is 0. The van der Waals surface area contributed by atoms with E-state index >= 15 is 0 Å². The summed E-state index contributed by atoms with van der Waals surface area (Å²) in [5.74, 6) is -0.406. The Balaban J connectivity index is 3.55. The summed E-state index contributed by atoms with van der Waals surface area (Å²) < 4.78 is 0. The van der Waals surface area contributed by atoms with E-state index in [1.165, 1.54) is 25.7 Å². The number of ketones is 1. The molecule has 0 aliphatic rings. The van der Waals surface area contributed by atoms with Gasteiger partial charge in [0.1, 0.15) is 12.2 Å². The van der Waals surface area contributed by atoms with Crippen LogP contribution in [0, 0.1) is 0 Å².